The number of carbonyl (C=O) groups excluding carboxylic acids is 2. The van der Waals surface area contributed by atoms with Gasteiger partial charge in [0.25, 0.3) is 0 Å². The molecule has 1 fully saturated rings. The zero-order chi connectivity index (χ0) is 59.6. The van der Waals surface area contributed by atoms with Gasteiger partial charge in [-0.2, -0.15) is 0 Å². The van der Waals surface area contributed by atoms with Crippen LogP contribution >= 0.6 is 0 Å². The molecule has 1 heterocycles. The Labute approximate surface area is 504 Å². The monoisotopic (exact) mass is 1160 g/mol. The minimum absolute atomic E-state index is 0.127. The van der Waals surface area contributed by atoms with Crippen LogP contribution in [0.4, 0.5) is 0 Å². The molecule has 0 spiro atoms. The van der Waals surface area contributed by atoms with Gasteiger partial charge >= 0.3 is 5.97 Å². The van der Waals surface area contributed by atoms with Gasteiger partial charge in [0.2, 0.25) is 5.91 Å². The van der Waals surface area contributed by atoms with Crippen molar-refractivity contribution in [2.45, 2.75) is 391 Å². The van der Waals surface area contributed by atoms with Crippen LogP contribution in [0, 0.1) is 0 Å². The van der Waals surface area contributed by atoms with Crippen LogP contribution in [0.3, 0.4) is 0 Å². The first-order valence-corrected chi connectivity index (χ1v) is 35.3. The van der Waals surface area contributed by atoms with Crippen molar-refractivity contribution in [2.75, 3.05) is 13.2 Å². The van der Waals surface area contributed by atoms with E-state index in [2.05, 4.69) is 50.4 Å². The highest BCUT2D eigenvalue weighted by atomic mass is 16.7. The van der Waals surface area contributed by atoms with Crippen molar-refractivity contribution in [3.8, 4) is 0 Å². The Morgan fingerprint density at radius 3 is 1.24 bits per heavy atom. The lowest BCUT2D eigenvalue weighted by Gasteiger charge is -2.41. The second-order valence-electron chi connectivity index (χ2n) is 24.7. The Kier molecular flexibility index (Phi) is 56.3. The molecule has 8 unspecified atom stereocenters. The summed E-state index contributed by atoms with van der Waals surface area (Å²) in [4.78, 5) is 26.6. The number of nitrogens with one attached hydrogen (secondary N) is 1. The van der Waals surface area contributed by atoms with E-state index in [1.165, 1.54) is 218 Å². The number of hydrogen-bond donors (Lipinski definition) is 6. The van der Waals surface area contributed by atoms with Crippen molar-refractivity contribution in [3.63, 3.8) is 0 Å². The third kappa shape index (κ3) is 46.1. The standard InChI is InChI=1S/C71H133NO10/c1-4-7-10-13-16-19-22-25-27-28-29-30-31-32-33-34-35-36-37-38-39-41-44-47-50-53-56-59-66(76)82-69-68(78)67(77)65(60-73)81-71(69)80-61-62(63(74)57-54-51-48-45-42-24-21-18-15-12-9-6-3)72-70(79)64(75)58-55-52-49-46-43-40-26-23-20-17-14-11-8-5-2/h17,20,23,26,54,57,62-65,67-69,71,73-75,77-78H,4-16,18-19,21-22,24-25,27-53,55-56,58-61H2,1-3H3,(H,72,79)/b20-17+,26-23+,57-54+. The predicted octanol–water partition coefficient (Wildman–Crippen LogP) is 17.8. The fourth-order valence-corrected chi connectivity index (χ4v) is 11.2. The lowest BCUT2D eigenvalue weighted by Crippen LogP contribution is -2.61. The Balaban J connectivity index is 2.52. The zero-order valence-corrected chi connectivity index (χ0v) is 53.6. The van der Waals surface area contributed by atoms with Crippen molar-refractivity contribution in [1.82, 2.24) is 5.32 Å². The first kappa shape index (κ1) is 77.9. The number of carbonyl (C=O) groups is 2. The van der Waals surface area contributed by atoms with Crippen LogP contribution in [-0.4, -0.2) is 99.6 Å². The Morgan fingerprint density at radius 2 is 0.829 bits per heavy atom. The van der Waals surface area contributed by atoms with Crippen LogP contribution in [0.2, 0.25) is 0 Å². The third-order valence-corrected chi connectivity index (χ3v) is 16.8. The van der Waals surface area contributed by atoms with Crippen LogP contribution in [-0.2, 0) is 23.8 Å². The van der Waals surface area contributed by atoms with E-state index in [0.29, 0.717) is 12.8 Å². The highest BCUT2D eigenvalue weighted by molar-refractivity contribution is 5.80. The second kappa shape index (κ2) is 59.2. The van der Waals surface area contributed by atoms with Gasteiger partial charge in [-0.1, -0.05) is 320 Å². The summed E-state index contributed by atoms with van der Waals surface area (Å²) < 4.78 is 17.7. The van der Waals surface area contributed by atoms with Crippen LogP contribution < -0.4 is 5.32 Å². The molecule has 11 nitrogen and oxygen atoms in total. The molecule has 1 aliphatic heterocycles. The van der Waals surface area contributed by atoms with Gasteiger partial charge in [-0.3, -0.25) is 9.59 Å². The van der Waals surface area contributed by atoms with Gasteiger partial charge in [0.1, 0.15) is 24.4 Å². The van der Waals surface area contributed by atoms with E-state index in [-0.39, 0.29) is 19.4 Å². The highest BCUT2D eigenvalue weighted by Gasteiger charge is 2.47. The molecule has 0 bridgehead atoms. The first-order chi connectivity index (χ1) is 40.2. The topological polar surface area (TPSA) is 175 Å². The molecule has 8 atom stereocenters. The van der Waals surface area contributed by atoms with E-state index in [0.717, 1.165) is 77.0 Å². The summed E-state index contributed by atoms with van der Waals surface area (Å²) in [7, 11) is 0. The molecule has 0 aromatic heterocycles. The zero-order valence-electron chi connectivity index (χ0n) is 53.6. The Bertz CT molecular complexity index is 1470. The molecule has 1 rings (SSSR count). The highest BCUT2D eigenvalue weighted by Crippen LogP contribution is 2.26. The molecule has 0 aromatic rings. The maximum atomic E-state index is 13.4. The summed E-state index contributed by atoms with van der Waals surface area (Å²) >= 11 is 0. The fraction of sp³-hybridized carbons (Fsp3) is 0.887. The molecule has 0 aromatic carbocycles. The average Bonchev–Trinajstić information content (AvgIpc) is 3.68. The minimum atomic E-state index is -1.61. The molecule has 0 radical (unpaired) electrons. The number of esters is 1. The largest absolute Gasteiger partial charge is 0.454 e. The van der Waals surface area contributed by atoms with Crippen LogP contribution in [0.25, 0.3) is 0 Å². The summed E-state index contributed by atoms with van der Waals surface area (Å²) in [5.41, 5.74) is 0. The van der Waals surface area contributed by atoms with Gasteiger partial charge in [0.15, 0.2) is 12.4 Å². The molecular formula is C71H133NO10. The molecule has 1 saturated heterocycles. The fourth-order valence-electron chi connectivity index (χ4n) is 11.2. The van der Waals surface area contributed by atoms with E-state index in [4.69, 9.17) is 14.2 Å². The van der Waals surface area contributed by atoms with E-state index in [1.54, 1.807) is 6.08 Å². The smallest absolute Gasteiger partial charge is 0.306 e. The van der Waals surface area contributed by atoms with Gasteiger partial charge in [0.05, 0.1) is 25.4 Å². The van der Waals surface area contributed by atoms with E-state index >= 15 is 0 Å². The van der Waals surface area contributed by atoms with Gasteiger partial charge in [-0.05, 0) is 51.4 Å². The number of aliphatic hydroxyl groups is 5. The quantitative estimate of drug-likeness (QED) is 0.0149. The lowest BCUT2D eigenvalue weighted by molar-refractivity contribution is -0.305. The maximum Gasteiger partial charge on any atom is 0.306 e. The van der Waals surface area contributed by atoms with Gasteiger partial charge in [-0.15, -0.1) is 0 Å². The van der Waals surface area contributed by atoms with Crippen molar-refractivity contribution in [1.29, 1.82) is 0 Å². The average molecular weight is 1160 g/mol. The lowest BCUT2D eigenvalue weighted by atomic mass is 9.99. The molecule has 6 N–H and O–H groups in total. The number of amides is 1. The van der Waals surface area contributed by atoms with Gasteiger partial charge < -0.3 is 45.1 Å². The third-order valence-electron chi connectivity index (χ3n) is 16.8. The summed E-state index contributed by atoms with van der Waals surface area (Å²) in [6.45, 7) is 5.79. The summed E-state index contributed by atoms with van der Waals surface area (Å²) in [6.07, 6.45) is 62.0. The molecule has 482 valence electrons. The Hall–Kier alpha value is -2.12. The number of aliphatic hydroxyl groups excluding tert-OH is 5. The number of rotatable bonds is 61. The number of unbranched alkanes of at least 4 members (excludes halogenated alkanes) is 44. The molecule has 0 aliphatic carbocycles. The molecular weight excluding hydrogens is 1030 g/mol. The van der Waals surface area contributed by atoms with Gasteiger partial charge in [0, 0.05) is 6.42 Å². The van der Waals surface area contributed by atoms with Crippen molar-refractivity contribution in [3.05, 3.63) is 36.5 Å². The normalized spacial score (nSPS) is 18.8. The molecule has 1 aliphatic rings. The van der Waals surface area contributed by atoms with E-state index in [1.807, 2.05) is 6.08 Å². The van der Waals surface area contributed by atoms with E-state index in [9.17, 15) is 35.1 Å². The van der Waals surface area contributed by atoms with Crippen molar-refractivity contribution in [2.24, 2.45) is 0 Å². The number of ether oxygens (including phenoxy) is 3. The predicted molar refractivity (Wildman–Crippen MR) is 343 cm³/mol. The maximum absolute atomic E-state index is 13.4. The summed E-state index contributed by atoms with van der Waals surface area (Å²) in [5.74, 6) is -1.19. The molecule has 1 amide bonds. The van der Waals surface area contributed by atoms with Crippen LogP contribution in [0.15, 0.2) is 36.5 Å². The number of hydrogen-bond acceptors (Lipinski definition) is 10. The Morgan fingerprint density at radius 1 is 0.476 bits per heavy atom. The molecule has 0 saturated carbocycles. The molecule has 82 heavy (non-hydrogen) atoms. The van der Waals surface area contributed by atoms with Gasteiger partial charge in [-0.25, -0.2) is 0 Å². The minimum Gasteiger partial charge on any atom is -0.454 e. The van der Waals surface area contributed by atoms with Crippen molar-refractivity contribution >= 4 is 11.9 Å². The van der Waals surface area contributed by atoms with E-state index < -0.39 is 67.4 Å². The SMILES string of the molecule is CCCCC/C=C/C=C/CCCCCCCC(O)C(=O)NC(COC1OC(CO)C(O)C(O)C1OC(=O)CCCCCCCCCCCCCCCCCCCCCCCCCCCCC)C(O)/C=C/CCCCCCCCCCCC. The van der Waals surface area contributed by atoms with Crippen LogP contribution in [0.5, 0.6) is 0 Å². The van der Waals surface area contributed by atoms with Crippen molar-refractivity contribution < 1.29 is 49.3 Å². The molecule has 11 heteroatoms. The summed E-state index contributed by atoms with van der Waals surface area (Å²) in [6, 6.07) is -1.03. The summed E-state index contributed by atoms with van der Waals surface area (Å²) in [5, 5.41) is 57.1. The first-order valence-electron chi connectivity index (χ1n) is 35.3. The second-order valence-corrected chi connectivity index (χ2v) is 24.7. The number of allylic oxidation sites excluding steroid dienone is 5. The van der Waals surface area contributed by atoms with Crippen LogP contribution in [0.1, 0.15) is 342 Å².